The summed E-state index contributed by atoms with van der Waals surface area (Å²) in [6.45, 7) is -0.936. The molecule has 1 saturated heterocycles. The predicted molar refractivity (Wildman–Crippen MR) is 58.6 cm³/mol. The van der Waals surface area contributed by atoms with Gasteiger partial charge in [0.2, 0.25) is 0 Å². The molecule has 2 amide bonds. The number of amides is 2. The number of alkyl halides is 6. The predicted octanol–water partition coefficient (Wildman–Crippen LogP) is -0.820. The summed E-state index contributed by atoms with van der Waals surface area (Å²) in [5.74, 6) is -4.75. The molecular formula is C10H12F6N2O5. The van der Waals surface area contributed by atoms with Crippen LogP contribution in [0.25, 0.3) is 0 Å². The van der Waals surface area contributed by atoms with Crippen LogP contribution < -0.4 is 10.6 Å². The first-order chi connectivity index (χ1) is 10.3. The molecule has 1 aliphatic heterocycles. The zero-order chi connectivity index (χ0) is 18.0. The molecule has 1 rings (SSSR count). The van der Waals surface area contributed by atoms with Crippen molar-refractivity contribution < 1.29 is 50.9 Å². The zero-order valence-electron chi connectivity index (χ0n) is 11.1. The smallest absolute Gasteiger partial charge is 0.388 e. The lowest BCUT2D eigenvalue weighted by Crippen LogP contribution is -2.60. The summed E-state index contributed by atoms with van der Waals surface area (Å²) in [4.78, 5) is 21.4. The molecule has 1 fully saturated rings. The average Bonchev–Trinajstić information content (AvgIpc) is 2.38. The van der Waals surface area contributed by atoms with Crippen LogP contribution >= 0.6 is 0 Å². The van der Waals surface area contributed by atoms with Crippen LogP contribution in [0.15, 0.2) is 0 Å². The van der Waals surface area contributed by atoms with Gasteiger partial charge in [-0.15, -0.1) is 0 Å². The highest BCUT2D eigenvalue weighted by Crippen LogP contribution is 2.22. The number of halogens is 6. The maximum atomic E-state index is 12.1. The summed E-state index contributed by atoms with van der Waals surface area (Å²) in [7, 11) is 0. The van der Waals surface area contributed by atoms with Crippen LogP contribution in [0.5, 0.6) is 0 Å². The van der Waals surface area contributed by atoms with E-state index in [4.69, 9.17) is 0 Å². The Morgan fingerprint density at radius 1 is 1.04 bits per heavy atom. The van der Waals surface area contributed by atoms with Gasteiger partial charge in [0.25, 0.3) is 0 Å². The van der Waals surface area contributed by atoms with Crippen LogP contribution in [0.4, 0.5) is 26.3 Å². The molecule has 13 heteroatoms. The van der Waals surface area contributed by atoms with Crippen molar-refractivity contribution in [3.8, 4) is 0 Å². The maximum Gasteiger partial charge on any atom is 0.471 e. The van der Waals surface area contributed by atoms with Crippen LogP contribution in [0.3, 0.4) is 0 Å². The van der Waals surface area contributed by atoms with E-state index in [1.54, 1.807) is 0 Å². The number of hydrogen-bond donors (Lipinski definition) is 4. The minimum atomic E-state index is -5.25. The van der Waals surface area contributed by atoms with Crippen molar-refractivity contribution in [2.24, 2.45) is 0 Å². The van der Waals surface area contributed by atoms with Crippen molar-refractivity contribution in [2.75, 3.05) is 6.54 Å². The summed E-state index contributed by atoms with van der Waals surface area (Å²) in [5, 5.41) is 21.8. The van der Waals surface area contributed by atoms with E-state index in [1.165, 1.54) is 10.6 Å². The second-order valence-corrected chi connectivity index (χ2v) is 4.64. The van der Waals surface area contributed by atoms with Gasteiger partial charge in [0.05, 0.1) is 6.04 Å². The van der Waals surface area contributed by atoms with Crippen molar-refractivity contribution >= 4 is 11.8 Å². The number of rotatable bonds is 3. The molecule has 23 heavy (non-hydrogen) atoms. The molecule has 1 heterocycles. The second-order valence-electron chi connectivity index (χ2n) is 4.64. The lowest BCUT2D eigenvalue weighted by atomic mass is 9.98. The fraction of sp³-hybridized carbons (Fsp3) is 0.800. The van der Waals surface area contributed by atoms with Gasteiger partial charge in [-0.05, 0) is 0 Å². The third kappa shape index (κ3) is 5.51. The molecule has 0 spiro atoms. The Morgan fingerprint density at radius 3 is 2.04 bits per heavy atom. The van der Waals surface area contributed by atoms with Crippen LogP contribution in [-0.2, 0) is 14.3 Å². The van der Waals surface area contributed by atoms with Crippen molar-refractivity contribution in [1.29, 1.82) is 0 Å². The maximum absolute atomic E-state index is 12.1. The molecule has 0 aliphatic carbocycles. The molecule has 0 aromatic heterocycles. The average molecular weight is 354 g/mol. The molecule has 4 N–H and O–H groups in total. The van der Waals surface area contributed by atoms with Crippen LogP contribution in [0, 0.1) is 0 Å². The van der Waals surface area contributed by atoms with Crippen molar-refractivity contribution in [3.63, 3.8) is 0 Å². The van der Waals surface area contributed by atoms with E-state index in [9.17, 15) is 46.1 Å². The van der Waals surface area contributed by atoms with Crippen molar-refractivity contribution in [1.82, 2.24) is 10.6 Å². The quantitative estimate of drug-likeness (QED) is 0.496. The number of hydrogen-bond acceptors (Lipinski definition) is 5. The third-order valence-corrected chi connectivity index (χ3v) is 2.88. The topological polar surface area (TPSA) is 108 Å². The Labute approximate surface area is 124 Å². The highest BCUT2D eigenvalue weighted by molar-refractivity contribution is 5.82. The highest BCUT2D eigenvalue weighted by Gasteiger charge is 2.45. The van der Waals surface area contributed by atoms with Crippen LogP contribution in [0.1, 0.15) is 6.42 Å². The van der Waals surface area contributed by atoms with Gasteiger partial charge in [0, 0.05) is 13.0 Å². The Hall–Kier alpha value is -1.60. The summed E-state index contributed by atoms with van der Waals surface area (Å²) in [6, 6.07) is -1.62. The Balaban J connectivity index is 2.68. The van der Waals surface area contributed by atoms with Gasteiger partial charge >= 0.3 is 24.2 Å². The summed E-state index contributed by atoms with van der Waals surface area (Å²) in [5.41, 5.74) is 0. The fourth-order valence-electron chi connectivity index (χ4n) is 1.81. The largest absolute Gasteiger partial charge is 0.471 e. The van der Waals surface area contributed by atoms with Gasteiger partial charge in [-0.1, -0.05) is 0 Å². The Bertz CT molecular complexity index is 454. The monoisotopic (exact) mass is 354 g/mol. The number of ether oxygens (including phenoxy) is 1. The summed E-state index contributed by atoms with van der Waals surface area (Å²) >= 11 is 0. The van der Waals surface area contributed by atoms with E-state index in [1.807, 2.05) is 0 Å². The third-order valence-electron chi connectivity index (χ3n) is 2.88. The number of aliphatic hydroxyl groups excluding tert-OH is 2. The molecular weight excluding hydrogens is 342 g/mol. The second kappa shape index (κ2) is 6.88. The van der Waals surface area contributed by atoms with E-state index in [0.29, 0.717) is 0 Å². The molecule has 4 atom stereocenters. The van der Waals surface area contributed by atoms with Gasteiger partial charge in [0.15, 0.2) is 6.29 Å². The first-order valence-electron chi connectivity index (χ1n) is 6.06. The van der Waals surface area contributed by atoms with E-state index in [2.05, 4.69) is 4.74 Å². The molecule has 0 saturated carbocycles. The van der Waals surface area contributed by atoms with Gasteiger partial charge in [-0.3, -0.25) is 9.59 Å². The minimum Gasteiger partial charge on any atom is -0.388 e. The van der Waals surface area contributed by atoms with Crippen LogP contribution in [-0.4, -0.2) is 65.5 Å². The molecule has 0 radical (unpaired) electrons. The first-order valence-corrected chi connectivity index (χ1v) is 6.06. The Kier molecular flexibility index (Phi) is 5.82. The van der Waals surface area contributed by atoms with Gasteiger partial charge in [-0.2, -0.15) is 26.3 Å². The van der Waals surface area contributed by atoms with Crippen LogP contribution in [0.2, 0.25) is 0 Å². The molecule has 1 aliphatic rings. The zero-order valence-corrected chi connectivity index (χ0v) is 11.1. The molecule has 7 nitrogen and oxygen atoms in total. The number of carbonyl (C=O) groups is 2. The van der Waals surface area contributed by atoms with Crippen molar-refractivity contribution in [2.45, 2.75) is 43.3 Å². The first kappa shape index (κ1) is 19.4. The fourth-order valence-corrected chi connectivity index (χ4v) is 1.81. The summed E-state index contributed by atoms with van der Waals surface area (Å²) in [6.07, 6.45) is -16.3. The van der Waals surface area contributed by atoms with E-state index in [-0.39, 0.29) is 0 Å². The van der Waals surface area contributed by atoms with Gasteiger partial charge in [-0.25, -0.2) is 0 Å². The minimum absolute atomic E-state index is 0.618. The highest BCUT2D eigenvalue weighted by atomic mass is 19.4. The van der Waals surface area contributed by atoms with Gasteiger partial charge < -0.3 is 25.6 Å². The Morgan fingerprint density at radius 2 is 1.57 bits per heavy atom. The molecule has 0 unspecified atom stereocenters. The lowest BCUT2D eigenvalue weighted by molar-refractivity contribution is -0.212. The van der Waals surface area contributed by atoms with E-state index >= 15 is 0 Å². The molecule has 0 aromatic carbocycles. The van der Waals surface area contributed by atoms with E-state index < -0.39 is 61.7 Å². The van der Waals surface area contributed by atoms with Crippen molar-refractivity contribution in [3.05, 3.63) is 0 Å². The van der Waals surface area contributed by atoms with E-state index in [0.717, 1.165) is 0 Å². The standard InChI is InChI=1S/C10H12F6N2O5/c11-9(12,13)7(21)17-2-4-6(20)3(1-5(19)23-4)18-8(22)10(14,15)16/h3-6,19-20H,1-2H2,(H,17,21)(H,18,22)/t3-,4+,5-,6+/m1/s1. The van der Waals surface area contributed by atoms with Gasteiger partial charge in [0.1, 0.15) is 12.2 Å². The number of aliphatic hydroxyl groups is 2. The molecule has 134 valence electrons. The lowest BCUT2D eigenvalue weighted by Gasteiger charge is -2.37. The number of carbonyl (C=O) groups excluding carboxylic acids is 2. The SMILES string of the molecule is O=C(NC[C@@H]1O[C@@H](O)C[C@@H](NC(=O)C(F)(F)F)[C@@H]1O)C(F)(F)F. The summed E-state index contributed by atoms with van der Waals surface area (Å²) < 4.78 is 77.1. The normalized spacial score (nSPS) is 29.0. The molecule has 0 aromatic rings. The molecule has 0 bridgehead atoms. The number of nitrogens with one attached hydrogen (secondary N) is 2.